The molecule has 1 saturated heterocycles. The second-order valence-corrected chi connectivity index (χ2v) is 4.40. The lowest BCUT2D eigenvalue weighted by atomic mass is 9.78. The van der Waals surface area contributed by atoms with Crippen molar-refractivity contribution in [3.05, 3.63) is 12.2 Å². The van der Waals surface area contributed by atoms with Crippen LogP contribution in [0.4, 0.5) is 4.79 Å². The van der Waals surface area contributed by atoms with E-state index in [1.165, 1.54) is 0 Å². The molecule has 1 fully saturated rings. The zero-order valence-electron chi connectivity index (χ0n) is 10.5. The van der Waals surface area contributed by atoms with Crippen LogP contribution in [0.2, 0.25) is 0 Å². The van der Waals surface area contributed by atoms with E-state index in [4.69, 9.17) is 0 Å². The Kier molecular flexibility index (Phi) is 3.70. The van der Waals surface area contributed by atoms with E-state index in [1.807, 2.05) is 0 Å². The summed E-state index contributed by atoms with van der Waals surface area (Å²) in [7, 11) is 0. The van der Waals surface area contributed by atoms with Crippen molar-refractivity contribution >= 4 is 17.8 Å². The quantitative estimate of drug-likeness (QED) is 0.595. The third kappa shape index (κ3) is 2.09. The fraction of sp³-hybridized carbons (Fsp3) is 0.583. The molecule has 1 aliphatic rings. The standard InChI is InChI=1S/C12H18N2O3/c1-5-12(6-2)9(15)13-11(17)14(10(12)16)7-8(3)4/h3,5-7H2,1-2,4H3,(H,13,15,17). The molecule has 5 heteroatoms. The van der Waals surface area contributed by atoms with Crippen LogP contribution in [0.3, 0.4) is 0 Å². The van der Waals surface area contributed by atoms with Gasteiger partial charge in [-0.25, -0.2) is 4.79 Å². The van der Waals surface area contributed by atoms with Crippen molar-refractivity contribution in [1.29, 1.82) is 0 Å². The fourth-order valence-corrected chi connectivity index (χ4v) is 2.02. The molecule has 0 aromatic carbocycles. The van der Waals surface area contributed by atoms with Crippen molar-refractivity contribution in [2.45, 2.75) is 33.6 Å². The number of amides is 4. The zero-order valence-corrected chi connectivity index (χ0v) is 10.5. The van der Waals surface area contributed by atoms with Crippen LogP contribution in [0.1, 0.15) is 33.6 Å². The van der Waals surface area contributed by atoms with E-state index < -0.39 is 23.3 Å². The molecule has 0 atom stereocenters. The van der Waals surface area contributed by atoms with Crippen LogP contribution in [0, 0.1) is 5.41 Å². The molecule has 0 aromatic rings. The average Bonchev–Trinajstić information content (AvgIpc) is 2.26. The van der Waals surface area contributed by atoms with E-state index in [-0.39, 0.29) is 6.54 Å². The third-order valence-corrected chi connectivity index (χ3v) is 3.19. The van der Waals surface area contributed by atoms with Gasteiger partial charge in [-0.05, 0) is 19.8 Å². The van der Waals surface area contributed by atoms with Gasteiger partial charge in [-0.15, -0.1) is 0 Å². The molecular formula is C12H18N2O3. The summed E-state index contributed by atoms with van der Waals surface area (Å²) < 4.78 is 0. The minimum Gasteiger partial charge on any atom is -0.277 e. The predicted molar refractivity (Wildman–Crippen MR) is 63.1 cm³/mol. The Morgan fingerprint density at radius 3 is 2.24 bits per heavy atom. The van der Waals surface area contributed by atoms with Crippen LogP contribution in [0.5, 0.6) is 0 Å². The molecule has 17 heavy (non-hydrogen) atoms. The summed E-state index contributed by atoms with van der Waals surface area (Å²) in [5, 5.41) is 2.24. The molecule has 0 aromatic heterocycles. The van der Waals surface area contributed by atoms with Gasteiger partial charge in [0.15, 0.2) is 0 Å². The Hall–Kier alpha value is -1.65. The number of rotatable bonds is 4. The highest BCUT2D eigenvalue weighted by atomic mass is 16.2. The van der Waals surface area contributed by atoms with Gasteiger partial charge in [-0.1, -0.05) is 26.0 Å². The Bertz CT molecular complexity index is 383. The lowest BCUT2D eigenvalue weighted by Gasteiger charge is -2.38. The first-order chi connectivity index (χ1) is 7.89. The zero-order chi connectivity index (χ0) is 13.2. The maximum Gasteiger partial charge on any atom is 0.331 e. The molecule has 0 bridgehead atoms. The smallest absolute Gasteiger partial charge is 0.277 e. The molecule has 0 radical (unpaired) electrons. The summed E-state index contributed by atoms with van der Waals surface area (Å²) in [5.74, 6) is -0.908. The van der Waals surface area contributed by atoms with Crippen molar-refractivity contribution in [2.24, 2.45) is 5.41 Å². The minimum absolute atomic E-state index is 0.152. The topological polar surface area (TPSA) is 66.5 Å². The molecular weight excluding hydrogens is 220 g/mol. The van der Waals surface area contributed by atoms with Crippen LogP contribution in [0.15, 0.2) is 12.2 Å². The summed E-state index contributed by atoms with van der Waals surface area (Å²) >= 11 is 0. The Labute approximate surface area is 101 Å². The highest BCUT2D eigenvalue weighted by Gasteiger charge is 2.51. The highest BCUT2D eigenvalue weighted by molar-refractivity contribution is 6.19. The largest absolute Gasteiger partial charge is 0.331 e. The molecule has 0 spiro atoms. The van der Waals surface area contributed by atoms with Crippen molar-refractivity contribution in [3.8, 4) is 0 Å². The molecule has 1 N–H and O–H groups in total. The van der Waals surface area contributed by atoms with Crippen LogP contribution >= 0.6 is 0 Å². The number of nitrogens with zero attached hydrogens (tertiary/aromatic N) is 1. The highest BCUT2D eigenvalue weighted by Crippen LogP contribution is 2.32. The van der Waals surface area contributed by atoms with Gasteiger partial charge in [0.25, 0.3) is 0 Å². The van der Waals surface area contributed by atoms with Gasteiger partial charge in [0.1, 0.15) is 5.41 Å². The van der Waals surface area contributed by atoms with Crippen LogP contribution < -0.4 is 5.32 Å². The summed E-state index contributed by atoms with van der Waals surface area (Å²) in [4.78, 5) is 36.8. The Balaban J connectivity index is 3.11. The van der Waals surface area contributed by atoms with Crippen molar-refractivity contribution in [1.82, 2.24) is 10.2 Å². The molecule has 94 valence electrons. The molecule has 4 amide bonds. The molecule has 0 aliphatic carbocycles. The third-order valence-electron chi connectivity index (χ3n) is 3.19. The summed E-state index contributed by atoms with van der Waals surface area (Å²) in [6.07, 6.45) is 0.766. The van der Waals surface area contributed by atoms with Gasteiger partial charge >= 0.3 is 6.03 Å². The normalized spacial score (nSPS) is 19.2. The van der Waals surface area contributed by atoms with Gasteiger partial charge in [-0.2, -0.15) is 0 Å². The molecule has 1 heterocycles. The van der Waals surface area contributed by atoms with Crippen LogP contribution in [-0.2, 0) is 9.59 Å². The first kappa shape index (κ1) is 13.4. The number of hydrogen-bond donors (Lipinski definition) is 1. The van der Waals surface area contributed by atoms with Gasteiger partial charge in [-0.3, -0.25) is 19.8 Å². The molecule has 1 aliphatic heterocycles. The maximum absolute atomic E-state index is 12.3. The second-order valence-electron chi connectivity index (χ2n) is 4.40. The first-order valence-corrected chi connectivity index (χ1v) is 5.70. The van der Waals surface area contributed by atoms with Crippen molar-refractivity contribution in [3.63, 3.8) is 0 Å². The second kappa shape index (κ2) is 4.69. The number of carbonyl (C=O) groups excluding carboxylic acids is 3. The minimum atomic E-state index is -1.11. The van der Waals surface area contributed by atoms with Gasteiger partial charge < -0.3 is 0 Å². The molecule has 5 nitrogen and oxygen atoms in total. The fourth-order valence-electron chi connectivity index (χ4n) is 2.02. The van der Waals surface area contributed by atoms with E-state index in [2.05, 4.69) is 11.9 Å². The molecule has 0 saturated carbocycles. The monoisotopic (exact) mass is 238 g/mol. The average molecular weight is 238 g/mol. The predicted octanol–water partition coefficient (Wildman–Crippen LogP) is 1.45. The Morgan fingerprint density at radius 1 is 1.29 bits per heavy atom. The molecule has 0 unspecified atom stereocenters. The van der Waals surface area contributed by atoms with E-state index in [0.29, 0.717) is 18.4 Å². The first-order valence-electron chi connectivity index (χ1n) is 5.70. The summed E-state index contributed by atoms with van der Waals surface area (Å²) in [6, 6.07) is -0.652. The van der Waals surface area contributed by atoms with E-state index in [1.54, 1.807) is 20.8 Å². The van der Waals surface area contributed by atoms with Crippen LogP contribution in [-0.4, -0.2) is 29.3 Å². The van der Waals surface area contributed by atoms with Gasteiger partial charge in [0.05, 0.1) is 6.54 Å². The summed E-state index contributed by atoms with van der Waals surface area (Å²) in [6.45, 7) is 9.11. The number of hydrogen-bond acceptors (Lipinski definition) is 3. The van der Waals surface area contributed by atoms with Gasteiger partial charge in [0, 0.05) is 0 Å². The summed E-state index contributed by atoms with van der Waals surface area (Å²) in [5.41, 5.74) is -0.410. The lowest BCUT2D eigenvalue weighted by molar-refractivity contribution is -0.151. The number of nitrogens with one attached hydrogen (secondary N) is 1. The lowest BCUT2D eigenvalue weighted by Crippen LogP contribution is -2.63. The SMILES string of the molecule is C=C(C)CN1C(=O)NC(=O)C(CC)(CC)C1=O. The number of imide groups is 2. The Morgan fingerprint density at radius 2 is 1.82 bits per heavy atom. The maximum atomic E-state index is 12.3. The van der Waals surface area contributed by atoms with Gasteiger partial charge in [0.2, 0.25) is 11.8 Å². The van der Waals surface area contributed by atoms with Crippen LogP contribution in [0.25, 0.3) is 0 Å². The van der Waals surface area contributed by atoms with E-state index in [9.17, 15) is 14.4 Å². The van der Waals surface area contributed by atoms with Crippen molar-refractivity contribution in [2.75, 3.05) is 6.54 Å². The van der Waals surface area contributed by atoms with E-state index >= 15 is 0 Å². The van der Waals surface area contributed by atoms with Crippen molar-refractivity contribution < 1.29 is 14.4 Å². The number of barbiturate groups is 1. The molecule has 1 rings (SSSR count). The number of urea groups is 1. The van der Waals surface area contributed by atoms with E-state index in [0.717, 1.165) is 4.90 Å². The number of carbonyl (C=O) groups is 3.